The van der Waals surface area contributed by atoms with Crippen molar-refractivity contribution in [2.75, 3.05) is 26.7 Å². The van der Waals surface area contributed by atoms with E-state index in [4.69, 9.17) is 16.6 Å². The molecule has 0 bridgehead atoms. The van der Waals surface area contributed by atoms with Crippen LogP contribution in [0.25, 0.3) is 0 Å². The van der Waals surface area contributed by atoms with Crippen molar-refractivity contribution in [2.45, 2.75) is 31.8 Å². The third kappa shape index (κ3) is 6.83. The van der Waals surface area contributed by atoms with Crippen LogP contribution in [0.3, 0.4) is 0 Å². The summed E-state index contributed by atoms with van der Waals surface area (Å²) >= 11 is 0. The highest BCUT2D eigenvalue weighted by molar-refractivity contribution is 5.92. The van der Waals surface area contributed by atoms with E-state index in [0.29, 0.717) is 0 Å². The minimum absolute atomic E-state index is 0.188. The van der Waals surface area contributed by atoms with Gasteiger partial charge in [-0.15, -0.1) is 0 Å². The molecule has 0 aromatic heterocycles. The zero-order chi connectivity index (χ0) is 17.1. The lowest BCUT2D eigenvalue weighted by Crippen LogP contribution is -2.55. The summed E-state index contributed by atoms with van der Waals surface area (Å²) in [4.78, 5) is 35.7. The summed E-state index contributed by atoms with van der Waals surface area (Å²) in [6.07, 6.45) is 0.501. The van der Waals surface area contributed by atoms with E-state index in [0.717, 1.165) is 0 Å². The Kier molecular flexibility index (Phi) is 10.1. The summed E-state index contributed by atoms with van der Waals surface area (Å²) in [6.45, 7) is 1.63. The first-order chi connectivity index (χ1) is 10.4. The Balaban J connectivity index is 4.82. The summed E-state index contributed by atoms with van der Waals surface area (Å²) in [7, 11) is 1.46. The van der Waals surface area contributed by atoms with E-state index in [1.165, 1.54) is 14.0 Å². The predicted octanol–water partition coefficient (Wildman–Crippen LogP) is -2.97. The number of amides is 3. The minimum atomic E-state index is -0.864. The van der Waals surface area contributed by atoms with Gasteiger partial charge >= 0.3 is 0 Å². The van der Waals surface area contributed by atoms with Crippen LogP contribution < -0.4 is 27.4 Å². The number of aliphatic hydroxyl groups is 1. The van der Waals surface area contributed by atoms with Gasteiger partial charge in [0.1, 0.15) is 12.1 Å². The van der Waals surface area contributed by atoms with Crippen molar-refractivity contribution < 1.29 is 19.5 Å². The molecule has 0 radical (unpaired) electrons. The van der Waals surface area contributed by atoms with E-state index in [2.05, 4.69) is 16.0 Å². The van der Waals surface area contributed by atoms with Gasteiger partial charge in [0, 0.05) is 7.05 Å². The SMILES string of the molecule is CNC(=O)C(CCN)NC(=O)C(CCN)NC(=O)C(C)CO. The molecule has 0 aromatic rings. The van der Waals surface area contributed by atoms with Gasteiger partial charge in [-0.3, -0.25) is 14.4 Å². The Hall–Kier alpha value is -1.71. The zero-order valence-corrected chi connectivity index (χ0v) is 13.1. The summed E-state index contributed by atoms with van der Waals surface area (Å²) in [5.41, 5.74) is 10.9. The molecule has 128 valence electrons. The fourth-order valence-electron chi connectivity index (χ4n) is 1.71. The molecule has 9 heteroatoms. The van der Waals surface area contributed by atoms with E-state index < -0.39 is 29.8 Å². The van der Waals surface area contributed by atoms with Gasteiger partial charge in [-0.2, -0.15) is 0 Å². The topological polar surface area (TPSA) is 160 Å². The Morgan fingerprint density at radius 3 is 1.82 bits per heavy atom. The molecule has 0 aliphatic rings. The highest BCUT2D eigenvalue weighted by atomic mass is 16.3. The molecular formula is C13H27N5O4. The van der Waals surface area contributed by atoms with E-state index in [-0.39, 0.29) is 38.4 Å². The number of hydrogen-bond acceptors (Lipinski definition) is 6. The Bertz CT molecular complexity index is 377. The van der Waals surface area contributed by atoms with Crippen LogP contribution in [0.1, 0.15) is 19.8 Å². The van der Waals surface area contributed by atoms with Gasteiger partial charge in [-0.1, -0.05) is 6.92 Å². The van der Waals surface area contributed by atoms with Gasteiger partial charge in [-0.25, -0.2) is 0 Å². The average molecular weight is 317 g/mol. The van der Waals surface area contributed by atoms with Crippen molar-refractivity contribution in [1.82, 2.24) is 16.0 Å². The second-order valence-corrected chi connectivity index (χ2v) is 4.97. The maximum Gasteiger partial charge on any atom is 0.243 e. The number of carbonyl (C=O) groups is 3. The number of nitrogens with one attached hydrogen (secondary N) is 3. The van der Waals surface area contributed by atoms with Gasteiger partial charge in [0.2, 0.25) is 17.7 Å². The van der Waals surface area contributed by atoms with Gasteiger partial charge < -0.3 is 32.5 Å². The van der Waals surface area contributed by atoms with Gasteiger partial charge in [0.25, 0.3) is 0 Å². The molecule has 0 heterocycles. The van der Waals surface area contributed by atoms with Crippen molar-refractivity contribution in [2.24, 2.45) is 17.4 Å². The number of likely N-dealkylation sites (N-methyl/N-ethyl adjacent to an activating group) is 1. The van der Waals surface area contributed by atoms with E-state index in [1.807, 2.05) is 0 Å². The van der Waals surface area contributed by atoms with Crippen molar-refractivity contribution in [1.29, 1.82) is 0 Å². The first kappa shape index (κ1) is 20.3. The fourth-order valence-corrected chi connectivity index (χ4v) is 1.71. The molecule has 9 nitrogen and oxygen atoms in total. The molecule has 3 unspecified atom stereocenters. The monoisotopic (exact) mass is 317 g/mol. The molecule has 0 fully saturated rings. The maximum absolute atomic E-state index is 12.2. The van der Waals surface area contributed by atoms with Crippen LogP contribution >= 0.6 is 0 Å². The highest BCUT2D eigenvalue weighted by Crippen LogP contribution is 1.99. The quantitative estimate of drug-likeness (QED) is 0.252. The maximum atomic E-state index is 12.2. The standard InChI is InChI=1S/C13H27N5O4/c1-8(7-19)11(20)17-10(4-6-15)13(22)18-9(3-5-14)12(21)16-2/h8-10,19H,3-7,14-15H2,1-2H3,(H,16,21)(H,17,20)(H,18,22). The fraction of sp³-hybridized carbons (Fsp3) is 0.769. The van der Waals surface area contributed by atoms with Gasteiger partial charge in [0.05, 0.1) is 12.5 Å². The molecule has 3 atom stereocenters. The number of hydrogen-bond donors (Lipinski definition) is 6. The molecule has 0 spiro atoms. The number of aliphatic hydroxyl groups excluding tert-OH is 1. The number of rotatable bonds is 10. The van der Waals surface area contributed by atoms with Crippen LogP contribution in [-0.2, 0) is 14.4 Å². The Morgan fingerprint density at radius 1 is 0.955 bits per heavy atom. The predicted molar refractivity (Wildman–Crippen MR) is 81.5 cm³/mol. The van der Waals surface area contributed by atoms with Crippen LogP contribution in [0.5, 0.6) is 0 Å². The van der Waals surface area contributed by atoms with Crippen LogP contribution in [0.4, 0.5) is 0 Å². The van der Waals surface area contributed by atoms with Crippen molar-refractivity contribution in [3.8, 4) is 0 Å². The summed E-state index contributed by atoms with van der Waals surface area (Å²) in [5, 5.41) is 16.5. The molecule has 8 N–H and O–H groups in total. The van der Waals surface area contributed by atoms with Crippen LogP contribution in [0.15, 0.2) is 0 Å². The smallest absolute Gasteiger partial charge is 0.243 e. The highest BCUT2D eigenvalue weighted by Gasteiger charge is 2.26. The van der Waals surface area contributed by atoms with Gasteiger partial charge in [-0.05, 0) is 25.9 Å². The molecule has 0 aliphatic carbocycles. The van der Waals surface area contributed by atoms with Crippen LogP contribution in [-0.4, -0.2) is 61.7 Å². The number of nitrogens with two attached hydrogens (primary N) is 2. The van der Waals surface area contributed by atoms with Gasteiger partial charge in [0.15, 0.2) is 0 Å². The largest absolute Gasteiger partial charge is 0.396 e. The molecule has 0 saturated carbocycles. The normalized spacial score (nSPS) is 14.6. The summed E-state index contributed by atoms with van der Waals surface area (Å²) in [5.74, 6) is -1.95. The van der Waals surface area contributed by atoms with E-state index in [1.54, 1.807) is 0 Å². The van der Waals surface area contributed by atoms with E-state index >= 15 is 0 Å². The first-order valence-electron chi connectivity index (χ1n) is 7.24. The first-order valence-corrected chi connectivity index (χ1v) is 7.24. The lowest BCUT2D eigenvalue weighted by atomic mass is 10.1. The van der Waals surface area contributed by atoms with Crippen molar-refractivity contribution in [3.05, 3.63) is 0 Å². The molecule has 22 heavy (non-hydrogen) atoms. The van der Waals surface area contributed by atoms with Crippen LogP contribution in [0.2, 0.25) is 0 Å². The van der Waals surface area contributed by atoms with Crippen molar-refractivity contribution >= 4 is 17.7 Å². The lowest BCUT2D eigenvalue weighted by molar-refractivity contribution is -0.133. The molecule has 0 aromatic carbocycles. The summed E-state index contributed by atoms with van der Waals surface area (Å²) < 4.78 is 0. The Morgan fingerprint density at radius 2 is 1.41 bits per heavy atom. The Labute approximate surface area is 130 Å². The molecule has 0 saturated heterocycles. The zero-order valence-electron chi connectivity index (χ0n) is 13.1. The van der Waals surface area contributed by atoms with Crippen molar-refractivity contribution in [3.63, 3.8) is 0 Å². The molecular weight excluding hydrogens is 290 g/mol. The second-order valence-electron chi connectivity index (χ2n) is 4.97. The molecule has 3 amide bonds. The molecule has 0 rings (SSSR count). The average Bonchev–Trinajstić information content (AvgIpc) is 2.52. The number of carbonyl (C=O) groups excluding carboxylic acids is 3. The summed E-state index contributed by atoms with van der Waals surface area (Å²) in [6, 6.07) is -1.63. The second kappa shape index (κ2) is 10.9. The third-order valence-corrected chi connectivity index (χ3v) is 3.14. The third-order valence-electron chi connectivity index (χ3n) is 3.14. The van der Waals surface area contributed by atoms with Crippen LogP contribution in [0, 0.1) is 5.92 Å². The lowest BCUT2D eigenvalue weighted by Gasteiger charge is -2.23. The van der Waals surface area contributed by atoms with E-state index in [9.17, 15) is 14.4 Å². The minimum Gasteiger partial charge on any atom is -0.396 e. The molecule has 0 aliphatic heterocycles.